The first kappa shape index (κ1) is 32.7. The number of fused-ring (bicyclic) bond motifs is 1. The molecule has 4 rings (SSSR count). The molecule has 0 bridgehead atoms. The minimum atomic E-state index is -1.51. The summed E-state index contributed by atoms with van der Waals surface area (Å²) in [6, 6.07) is 14.9. The Hall–Kier alpha value is -4.16. The molecule has 1 heterocycles. The summed E-state index contributed by atoms with van der Waals surface area (Å²) in [5, 5.41) is 55.3. The third kappa shape index (κ3) is 7.31. The van der Waals surface area contributed by atoms with Crippen LogP contribution in [0.1, 0.15) is 51.3 Å². The number of carbonyl (C=O) groups excluding carboxylic acids is 2. The number of carbonyl (C=O) groups is 2. The van der Waals surface area contributed by atoms with Crippen LogP contribution < -0.4 is 5.32 Å². The maximum atomic E-state index is 13.0. The average molecular weight is 610 g/mol. The number of amides is 1. The molecule has 1 aliphatic rings. The molecular weight excluding hydrogens is 570 g/mol. The molecule has 6 N–H and O–H groups in total. The predicted molar refractivity (Wildman–Crippen MR) is 159 cm³/mol. The van der Waals surface area contributed by atoms with Gasteiger partial charge in [0.15, 0.2) is 12.3 Å². The van der Waals surface area contributed by atoms with Gasteiger partial charge in [0.05, 0.1) is 12.2 Å². The second-order valence-electron chi connectivity index (χ2n) is 11.1. The lowest BCUT2D eigenvalue weighted by molar-refractivity contribution is -0.140. The standard InChI is InChI=1S/C33H39NO10/c1-17-23-15-27(44-33(41)29(23)26(38)16-25(17)37)18(2)24(36)12-20-10-21(14-22(35)11-20)32(43-4)34-31(40)30(39)28(42-3)13-19-8-6-5-7-9-19/h5-11,14,16,18,24,27-28,30,32,35-39H,12-13,15H2,1-4H3,(H,34,40)/t18-,24+,27-,28+,30+,32+/m1/s1. The number of hydrogen-bond donors (Lipinski definition) is 6. The van der Waals surface area contributed by atoms with E-state index in [4.69, 9.17) is 14.2 Å². The zero-order chi connectivity index (χ0) is 32.1. The summed E-state index contributed by atoms with van der Waals surface area (Å²) in [7, 11) is 2.77. The van der Waals surface area contributed by atoms with E-state index in [1.165, 1.54) is 26.4 Å². The molecular formula is C33H39NO10. The number of aliphatic hydroxyl groups excluding tert-OH is 2. The molecule has 0 unspecified atom stereocenters. The van der Waals surface area contributed by atoms with Crippen LogP contribution in [0.25, 0.3) is 0 Å². The Balaban J connectivity index is 1.45. The van der Waals surface area contributed by atoms with Crippen LogP contribution in [0.5, 0.6) is 17.2 Å². The Kier molecular flexibility index (Phi) is 10.5. The summed E-state index contributed by atoms with van der Waals surface area (Å²) in [5.74, 6) is -2.68. The fourth-order valence-corrected chi connectivity index (χ4v) is 5.50. The molecule has 3 aromatic rings. The SMILES string of the molecule is CO[C@@H](Cc1ccccc1)[C@H](O)C(=O)N[C@@H](OC)c1cc(O)cc(C[C@H](O)[C@@H](C)[C@H]2Cc3c(C)c(O)cc(O)c3C(=O)O2)c1. The number of nitrogens with one attached hydrogen (secondary N) is 1. The van der Waals surface area contributed by atoms with Gasteiger partial charge in [0.1, 0.15) is 28.9 Å². The fourth-order valence-electron chi connectivity index (χ4n) is 5.50. The van der Waals surface area contributed by atoms with Gasteiger partial charge in [-0.25, -0.2) is 4.79 Å². The topological polar surface area (TPSA) is 175 Å². The van der Waals surface area contributed by atoms with Crippen LogP contribution >= 0.6 is 0 Å². The second-order valence-corrected chi connectivity index (χ2v) is 11.1. The molecule has 236 valence electrons. The van der Waals surface area contributed by atoms with Crippen molar-refractivity contribution in [2.45, 2.75) is 63.8 Å². The third-order valence-corrected chi connectivity index (χ3v) is 8.19. The van der Waals surface area contributed by atoms with Crippen molar-refractivity contribution >= 4 is 11.9 Å². The number of methoxy groups -OCH3 is 2. The molecule has 0 aliphatic carbocycles. The summed E-state index contributed by atoms with van der Waals surface area (Å²) in [6.45, 7) is 3.36. The molecule has 11 nitrogen and oxygen atoms in total. The van der Waals surface area contributed by atoms with Gasteiger partial charge in [-0.2, -0.15) is 0 Å². The highest BCUT2D eigenvalue weighted by atomic mass is 16.5. The monoisotopic (exact) mass is 609 g/mol. The van der Waals surface area contributed by atoms with Crippen LogP contribution in [0.2, 0.25) is 0 Å². The van der Waals surface area contributed by atoms with Gasteiger partial charge >= 0.3 is 5.97 Å². The van der Waals surface area contributed by atoms with Gasteiger partial charge in [0, 0.05) is 44.6 Å². The van der Waals surface area contributed by atoms with Crippen molar-refractivity contribution < 1.29 is 49.3 Å². The van der Waals surface area contributed by atoms with Crippen molar-refractivity contribution in [3.8, 4) is 17.2 Å². The number of rotatable bonds is 12. The van der Waals surface area contributed by atoms with Crippen LogP contribution in [-0.2, 0) is 38.3 Å². The molecule has 0 spiro atoms. The Morgan fingerprint density at radius 1 is 0.977 bits per heavy atom. The maximum absolute atomic E-state index is 13.0. The minimum absolute atomic E-state index is 0.00511. The zero-order valence-corrected chi connectivity index (χ0v) is 25.1. The summed E-state index contributed by atoms with van der Waals surface area (Å²) in [4.78, 5) is 25.7. The van der Waals surface area contributed by atoms with Crippen LogP contribution in [-0.4, -0.2) is 76.0 Å². The summed E-state index contributed by atoms with van der Waals surface area (Å²) >= 11 is 0. The van der Waals surface area contributed by atoms with E-state index in [0.717, 1.165) is 11.6 Å². The van der Waals surface area contributed by atoms with Gasteiger partial charge in [0.25, 0.3) is 5.91 Å². The first-order valence-corrected chi connectivity index (χ1v) is 14.3. The van der Waals surface area contributed by atoms with Crippen LogP contribution in [0.3, 0.4) is 0 Å². The van der Waals surface area contributed by atoms with Gasteiger partial charge < -0.3 is 45.1 Å². The van der Waals surface area contributed by atoms with E-state index in [-0.39, 0.29) is 35.7 Å². The van der Waals surface area contributed by atoms with E-state index in [1.54, 1.807) is 19.9 Å². The molecule has 44 heavy (non-hydrogen) atoms. The smallest absolute Gasteiger partial charge is 0.342 e. The molecule has 1 amide bonds. The average Bonchev–Trinajstić information content (AvgIpc) is 3.00. The summed E-state index contributed by atoms with van der Waals surface area (Å²) in [5.41, 5.74) is 2.70. The fraction of sp³-hybridized carbons (Fsp3) is 0.394. The van der Waals surface area contributed by atoms with E-state index in [0.29, 0.717) is 28.7 Å². The molecule has 11 heteroatoms. The van der Waals surface area contributed by atoms with Gasteiger partial charge in [-0.15, -0.1) is 0 Å². The van der Waals surface area contributed by atoms with E-state index in [1.807, 2.05) is 30.3 Å². The van der Waals surface area contributed by atoms with Crippen molar-refractivity contribution in [3.63, 3.8) is 0 Å². The van der Waals surface area contributed by atoms with Gasteiger partial charge in [0.2, 0.25) is 0 Å². The molecule has 0 radical (unpaired) electrons. The van der Waals surface area contributed by atoms with Crippen LogP contribution in [0, 0.1) is 12.8 Å². The highest BCUT2D eigenvalue weighted by molar-refractivity contribution is 5.96. The lowest BCUT2D eigenvalue weighted by atomic mass is 9.84. The first-order valence-electron chi connectivity index (χ1n) is 14.3. The summed E-state index contributed by atoms with van der Waals surface area (Å²) < 4.78 is 16.4. The highest BCUT2D eigenvalue weighted by Crippen LogP contribution is 2.38. The molecule has 6 atom stereocenters. The van der Waals surface area contributed by atoms with Crippen molar-refractivity contribution in [1.29, 1.82) is 0 Å². The van der Waals surface area contributed by atoms with E-state index in [2.05, 4.69) is 5.32 Å². The Bertz CT molecular complexity index is 1480. The van der Waals surface area contributed by atoms with Crippen LogP contribution in [0.4, 0.5) is 0 Å². The Morgan fingerprint density at radius 2 is 1.68 bits per heavy atom. The van der Waals surface area contributed by atoms with Crippen molar-refractivity contribution in [3.05, 3.63) is 88.0 Å². The normalized spacial score (nSPS) is 18.0. The molecule has 0 fully saturated rings. The molecule has 0 saturated heterocycles. The van der Waals surface area contributed by atoms with Crippen LogP contribution in [0.15, 0.2) is 54.6 Å². The second kappa shape index (κ2) is 14.1. The number of phenolic OH excluding ortho intramolecular Hbond substituents is 3. The van der Waals surface area contributed by atoms with Gasteiger partial charge in [-0.3, -0.25) is 4.79 Å². The lowest BCUT2D eigenvalue weighted by Gasteiger charge is -2.33. The van der Waals surface area contributed by atoms with Crippen molar-refractivity contribution in [2.24, 2.45) is 5.92 Å². The number of phenols is 3. The van der Waals surface area contributed by atoms with E-state index >= 15 is 0 Å². The number of aromatic hydroxyl groups is 3. The number of hydrogen-bond acceptors (Lipinski definition) is 10. The molecule has 3 aromatic carbocycles. The molecule has 0 saturated carbocycles. The van der Waals surface area contributed by atoms with Gasteiger partial charge in [-0.1, -0.05) is 43.3 Å². The maximum Gasteiger partial charge on any atom is 0.342 e. The zero-order valence-electron chi connectivity index (χ0n) is 25.1. The van der Waals surface area contributed by atoms with Crippen molar-refractivity contribution in [2.75, 3.05) is 14.2 Å². The third-order valence-electron chi connectivity index (χ3n) is 8.19. The number of cyclic esters (lactones) is 1. The number of ether oxygens (including phenoxy) is 3. The summed E-state index contributed by atoms with van der Waals surface area (Å²) in [6.07, 6.45) is -4.57. The minimum Gasteiger partial charge on any atom is -0.508 e. The predicted octanol–water partition coefficient (Wildman–Crippen LogP) is 2.81. The van der Waals surface area contributed by atoms with Crippen molar-refractivity contribution in [1.82, 2.24) is 5.32 Å². The number of esters is 1. The number of benzene rings is 3. The highest BCUT2D eigenvalue weighted by Gasteiger charge is 2.37. The van der Waals surface area contributed by atoms with Gasteiger partial charge in [-0.05, 0) is 47.7 Å². The quantitative estimate of drug-likeness (QED) is 0.132. The molecule has 1 aliphatic heterocycles. The van der Waals surface area contributed by atoms with E-state index in [9.17, 15) is 35.1 Å². The van der Waals surface area contributed by atoms with E-state index < -0.39 is 48.4 Å². The largest absolute Gasteiger partial charge is 0.508 e. The number of aliphatic hydroxyl groups is 2. The Labute approximate surface area is 255 Å². The first-order chi connectivity index (χ1) is 20.9. The molecule has 0 aromatic heterocycles. The Morgan fingerprint density at radius 3 is 2.34 bits per heavy atom. The lowest BCUT2D eigenvalue weighted by Crippen LogP contribution is -2.45.